The van der Waals surface area contributed by atoms with Crippen molar-refractivity contribution in [1.82, 2.24) is 50.8 Å². The molecular weight excluding hydrogens is 1320 g/mol. The van der Waals surface area contributed by atoms with Crippen LogP contribution >= 0.6 is 95.1 Å². The molecule has 4 amide bonds. The van der Waals surface area contributed by atoms with Gasteiger partial charge in [-0.3, -0.25) is 39.2 Å². The molecule has 0 saturated carbocycles. The van der Waals surface area contributed by atoms with Gasteiger partial charge in [-0.05, 0) is 165 Å². The fraction of sp³-hybridized carbons (Fsp3) is 0.206. The zero-order valence-electron chi connectivity index (χ0n) is 51.3. The Bertz CT molecular complexity index is 4280. The molecule has 0 aliphatic carbocycles. The van der Waals surface area contributed by atoms with Gasteiger partial charge in [0.15, 0.2) is 47.0 Å². The molecule has 29 heteroatoms. The summed E-state index contributed by atoms with van der Waals surface area (Å²) >= 11 is 29.8. The maximum Gasteiger partial charge on any atom is 0.267 e. The lowest BCUT2D eigenvalue weighted by Gasteiger charge is -2.11. The van der Waals surface area contributed by atoms with Gasteiger partial charge in [0.2, 0.25) is 11.8 Å². The van der Waals surface area contributed by atoms with Gasteiger partial charge < -0.3 is 46.4 Å². The molecule has 0 aliphatic rings. The van der Waals surface area contributed by atoms with E-state index in [1.807, 2.05) is 115 Å². The molecule has 6 aromatic heterocycles. The summed E-state index contributed by atoms with van der Waals surface area (Å²) in [6.45, 7) is 13.9. The van der Waals surface area contributed by atoms with Crippen molar-refractivity contribution in [2.45, 2.75) is 61.4 Å². The Hall–Kier alpha value is -8.94. The number of thiocarbonyl (C=S) groups is 4. The summed E-state index contributed by atoms with van der Waals surface area (Å²) in [6, 6.07) is 38.9. The summed E-state index contributed by atoms with van der Waals surface area (Å²) in [5, 5.41) is 26.8. The van der Waals surface area contributed by atoms with Gasteiger partial charge in [0.05, 0.1) is 50.4 Å². The summed E-state index contributed by atoms with van der Waals surface area (Å²) in [5.41, 5.74) is 5.20. The largest absolute Gasteiger partial charge is 0.493 e. The highest BCUT2D eigenvalue weighted by atomic mass is 32.1. The molecule has 0 fully saturated rings. The standard InChI is InChI=1S/C13H15N3OS2.C13H11N3OS.C13H16N2O3S.C12H13N3OS2.C12H11N3OS2/c1-7(2)11(17)15-12(18)16-13-14-9-5-4-8(3)6-10(9)19-13;17-12(10-6-2-1-3-7-10)16-13(18)15-11-8-4-5-9-14-11;1-4-5-15-12(16)8-6-10(17-2)11(18-3)7-9(8)14-13(15)19;1-7(2)10(16)14-11(17)15-12-13-8-5-3-4-6-9(8)18-12;1-8-4-5-10(13-7-8)14-12(17)15-11(16)9-3-2-6-18-9/h4-7H,1-3H3,(H2,14,15,16,17,18);1-9H,(H2,14,15,16,17,18);6-7H,4-5H2,1-3H3,(H,14,19);3-7H,1-2H3,(H2,13,14,15,16,17);2-7H,1H3,(H2,13,14,15,16,17). The number of aromatic nitrogens is 6. The van der Waals surface area contributed by atoms with Gasteiger partial charge in [0.25, 0.3) is 17.4 Å². The molecule has 9 N–H and O–H groups in total. The molecule has 0 saturated heterocycles. The highest BCUT2D eigenvalue weighted by molar-refractivity contribution is 7.81. The smallest absolute Gasteiger partial charge is 0.267 e. The van der Waals surface area contributed by atoms with Crippen LogP contribution in [0.5, 0.6) is 11.5 Å². The number of amides is 4. The van der Waals surface area contributed by atoms with Crippen LogP contribution in [0.15, 0.2) is 150 Å². The van der Waals surface area contributed by atoms with Crippen molar-refractivity contribution in [3.8, 4) is 11.5 Å². The highest BCUT2D eigenvalue weighted by Gasteiger charge is 2.15. The van der Waals surface area contributed by atoms with Gasteiger partial charge in [-0.2, -0.15) is 0 Å². The van der Waals surface area contributed by atoms with Crippen LogP contribution in [0.25, 0.3) is 31.3 Å². The molecule has 6 heterocycles. The predicted molar refractivity (Wildman–Crippen MR) is 391 cm³/mol. The van der Waals surface area contributed by atoms with Crippen molar-refractivity contribution >= 4 is 192 Å². The predicted octanol–water partition coefficient (Wildman–Crippen LogP) is 13.1. The summed E-state index contributed by atoms with van der Waals surface area (Å²) in [6.07, 6.45) is 4.21. The molecule has 92 heavy (non-hydrogen) atoms. The van der Waals surface area contributed by atoms with Crippen LogP contribution in [0.4, 0.5) is 21.9 Å². The van der Waals surface area contributed by atoms with E-state index in [1.54, 1.807) is 91.8 Å². The van der Waals surface area contributed by atoms with E-state index in [1.165, 1.54) is 39.6 Å². The number of hydrogen-bond donors (Lipinski definition) is 9. The molecule has 4 aromatic carbocycles. The fourth-order valence-electron chi connectivity index (χ4n) is 7.40. The minimum atomic E-state index is -0.246. The molecule has 478 valence electrons. The number of nitrogens with zero attached hydrogens (tertiary/aromatic N) is 5. The number of thiazole rings is 2. The van der Waals surface area contributed by atoms with Gasteiger partial charge in [-0.25, -0.2) is 19.9 Å². The number of anilines is 4. The first-order valence-corrected chi connectivity index (χ1v) is 32.6. The van der Waals surface area contributed by atoms with Gasteiger partial charge in [0.1, 0.15) is 11.6 Å². The van der Waals surface area contributed by atoms with E-state index in [-0.39, 0.29) is 61.5 Å². The van der Waals surface area contributed by atoms with Crippen molar-refractivity contribution in [1.29, 1.82) is 0 Å². The second-order valence-electron chi connectivity index (χ2n) is 19.9. The van der Waals surface area contributed by atoms with E-state index in [4.69, 9.17) is 70.6 Å². The lowest BCUT2D eigenvalue weighted by Crippen LogP contribution is -2.36. The number of nitrogens with one attached hydrogen (secondary N) is 9. The molecule has 0 spiro atoms. The number of methoxy groups -OCH3 is 2. The number of H-pyrrole nitrogens is 1. The molecular formula is C63H66N14O7S8. The Morgan fingerprint density at radius 3 is 1.71 bits per heavy atom. The molecule has 0 atom stereocenters. The Labute approximate surface area is 569 Å². The Balaban J connectivity index is 0.000000183. The van der Waals surface area contributed by atoms with Crippen LogP contribution in [0.2, 0.25) is 0 Å². The number of aryl methyl sites for hydroxylation is 2. The number of carbonyl (C=O) groups excluding carboxylic acids is 4. The number of aromatic amines is 1. The highest BCUT2D eigenvalue weighted by Crippen LogP contribution is 2.30. The first kappa shape index (κ1) is 72.1. The first-order chi connectivity index (χ1) is 44.0. The van der Waals surface area contributed by atoms with Crippen LogP contribution in [-0.4, -0.2) is 87.8 Å². The Kier molecular flexibility index (Phi) is 28.4. The summed E-state index contributed by atoms with van der Waals surface area (Å²) in [4.78, 5) is 79.5. The third-order valence-electron chi connectivity index (χ3n) is 12.0. The molecule has 0 bridgehead atoms. The fourth-order valence-corrected chi connectivity index (χ4v) is 11.1. The van der Waals surface area contributed by atoms with Gasteiger partial charge in [-0.1, -0.05) is 112 Å². The van der Waals surface area contributed by atoms with E-state index < -0.39 is 0 Å². The van der Waals surface area contributed by atoms with E-state index in [0.29, 0.717) is 66.1 Å². The third kappa shape index (κ3) is 22.8. The number of pyridine rings is 2. The molecule has 10 aromatic rings. The Morgan fingerprint density at radius 2 is 1.15 bits per heavy atom. The van der Waals surface area contributed by atoms with E-state index in [0.717, 1.165) is 32.4 Å². The number of para-hydroxylation sites is 1. The quantitative estimate of drug-likeness (QED) is 0.0514. The molecule has 21 nitrogen and oxygen atoms in total. The second-order valence-corrected chi connectivity index (χ2v) is 24.9. The summed E-state index contributed by atoms with van der Waals surface area (Å²) < 4.78 is 14.6. The van der Waals surface area contributed by atoms with Crippen molar-refractivity contribution < 1.29 is 28.7 Å². The monoisotopic (exact) mass is 1390 g/mol. The van der Waals surface area contributed by atoms with Gasteiger partial charge >= 0.3 is 0 Å². The molecule has 10 rings (SSSR count). The van der Waals surface area contributed by atoms with Gasteiger partial charge in [-0.15, -0.1) is 11.3 Å². The second kappa shape index (κ2) is 36.2. The maximum absolute atomic E-state index is 12.4. The van der Waals surface area contributed by atoms with E-state index >= 15 is 0 Å². The zero-order chi connectivity index (χ0) is 66.9. The van der Waals surface area contributed by atoms with E-state index in [2.05, 4.69) is 73.5 Å². The van der Waals surface area contributed by atoms with E-state index in [9.17, 15) is 24.0 Å². The normalized spacial score (nSPS) is 10.3. The minimum Gasteiger partial charge on any atom is -0.493 e. The topological polar surface area (TPSA) is 272 Å². The van der Waals surface area contributed by atoms with Crippen LogP contribution in [0.3, 0.4) is 0 Å². The van der Waals surface area contributed by atoms with Crippen LogP contribution in [0.1, 0.15) is 72.2 Å². The number of rotatable bonds is 12. The Morgan fingerprint density at radius 1 is 0.598 bits per heavy atom. The van der Waals surface area contributed by atoms with Crippen molar-refractivity contribution in [2.24, 2.45) is 11.8 Å². The number of hydrogen-bond acceptors (Lipinski definition) is 19. The summed E-state index contributed by atoms with van der Waals surface area (Å²) in [7, 11) is 3.09. The van der Waals surface area contributed by atoms with Crippen LogP contribution in [0, 0.1) is 30.5 Å². The molecule has 0 unspecified atom stereocenters. The maximum atomic E-state index is 12.4. The number of benzene rings is 4. The first-order valence-electron chi connectivity index (χ1n) is 28.1. The van der Waals surface area contributed by atoms with Crippen LogP contribution < -0.4 is 57.6 Å². The SMILES string of the molecule is CC(C)C(=O)NC(=S)Nc1nc2ccccc2s1.CCCn1c(=S)[nH]c2cc(OC)c(OC)cc2c1=O.Cc1ccc(NC(=S)NC(=O)c2cccs2)nc1.Cc1ccc2nc(NC(=S)NC(=O)C(C)C)sc2c1.O=C(NC(=S)Nc1ccccn1)c1ccccc1. The van der Waals surface area contributed by atoms with Gasteiger partial charge in [0, 0.05) is 42.4 Å². The third-order valence-corrected chi connectivity index (χ3v) is 15.9. The zero-order valence-corrected chi connectivity index (χ0v) is 57.8. The van der Waals surface area contributed by atoms with Crippen molar-refractivity contribution in [3.63, 3.8) is 0 Å². The molecule has 0 radical (unpaired) electrons. The number of fused-ring (bicyclic) bond motifs is 3. The number of carbonyl (C=O) groups is 4. The van der Waals surface area contributed by atoms with Crippen LogP contribution in [-0.2, 0) is 16.1 Å². The van der Waals surface area contributed by atoms with Crippen molar-refractivity contribution in [3.05, 3.63) is 182 Å². The lowest BCUT2D eigenvalue weighted by atomic mass is 10.2. The lowest BCUT2D eigenvalue weighted by molar-refractivity contribution is -0.123. The average Bonchev–Trinajstić information content (AvgIpc) is 1.06. The minimum absolute atomic E-state index is 0.0971. The summed E-state index contributed by atoms with van der Waals surface area (Å²) in [5.74, 6) is 1.43. The average molecular weight is 1390 g/mol. The number of ether oxygens (including phenoxy) is 2. The number of thiophene rings is 1. The molecule has 0 aliphatic heterocycles. The van der Waals surface area contributed by atoms with Crippen molar-refractivity contribution in [2.75, 3.05) is 35.5 Å².